The van der Waals surface area contributed by atoms with Gasteiger partial charge < -0.3 is 4.65 Å². The van der Waals surface area contributed by atoms with Crippen LogP contribution in [0.15, 0.2) is 0 Å². The first-order valence-corrected chi connectivity index (χ1v) is 8.50. The van der Waals surface area contributed by atoms with Crippen molar-refractivity contribution in [2.24, 2.45) is 11.8 Å². The molecule has 1 aliphatic heterocycles. The number of hydrogen-bond acceptors (Lipinski definition) is 1. The Bertz CT molecular complexity index is 219. The molecule has 1 saturated carbocycles. The SMILES string of the molecule is CCCCCCCCOB1CCC2CCC(C1)C2. The van der Waals surface area contributed by atoms with E-state index in [1.54, 1.807) is 0 Å². The summed E-state index contributed by atoms with van der Waals surface area (Å²) in [5, 5.41) is 0. The zero-order chi connectivity index (χ0) is 12.6. The standard InChI is InChI=1S/C16H31BO/c1-2-3-4-5-6-7-12-18-17-11-10-15-8-9-16(13-15)14-17/h15-16H,2-14H2,1H3. The second kappa shape index (κ2) is 8.25. The predicted molar refractivity (Wildman–Crippen MR) is 80.1 cm³/mol. The molecule has 2 unspecified atom stereocenters. The minimum absolute atomic E-state index is 0.607. The predicted octanol–water partition coefficient (Wildman–Crippen LogP) is 5.18. The van der Waals surface area contributed by atoms with Gasteiger partial charge >= 0.3 is 0 Å². The highest BCUT2D eigenvalue weighted by atomic mass is 16.4. The van der Waals surface area contributed by atoms with Gasteiger partial charge in [-0.25, -0.2) is 0 Å². The van der Waals surface area contributed by atoms with Crippen molar-refractivity contribution < 1.29 is 4.65 Å². The fraction of sp³-hybridized carbons (Fsp3) is 1.00. The van der Waals surface area contributed by atoms with Gasteiger partial charge in [0.1, 0.15) is 0 Å². The van der Waals surface area contributed by atoms with Crippen LogP contribution in [0.3, 0.4) is 0 Å². The van der Waals surface area contributed by atoms with Gasteiger partial charge in [-0.2, -0.15) is 0 Å². The van der Waals surface area contributed by atoms with Crippen LogP contribution in [-0.2, 0) is 4.65 Å². The third-order valence-electron chi connectivity index (χ3n) is 4.99. The van der Waals surface area contributed by atoms with Crippen molar-refractivity contribution in [1.82, 2.24) is 0 Å². The molecule has 2 atom stereocenters. The molecule has 18 heavy (non-hydrogen) atoms. The van der Waals surface area contributed by atoms with E-state index in [2.05, 4.69) is 6.92 Å². The van der Waals surface area contributed by atoms with E-state index < -0.39 is 0 Å². The van der Waals surface area contributed by atoms with Crippen molar-refractivity contribution >= 4 is 6.92 Å². The quantitative estimate of drug-likeness (QED) is 0.426. The molecule has 2 bridgehead atoms. The van der Waals surface area contributed by atoms with Crippen LogP contribution < -0.4 is 0 Å². The average Bonchev–Trinajstić information content (AvgIpc) is 2.70. The Labute approximate surface area is 114 Å². The molecule has 1 nitrogen and oxygen atoms in total. The summed E-state index contributed by atoms with van der Waals surface area (Å²) in [4.78, 5) is 0. The molecule has 0 aromatic carbocycles. The van der Waals surface area contributed by atoms with Gasteiger partial charge in [-0.1, -0.05) is 58.3 Å². The van der Waals surface area contributed by atoms with Crippen LogP contribution in [-0.4, -0.2) is 13.5 Å². The number of fused-ring (bicyclic) bond motifs is 2. The first kappa shape index (κ1) is 14.4. The Balaban J connectivity index is 1.49. The van der Waals surface area contributed by atoms with E-state index in [4.69, 9.17) is 4.65 Å². The Kier molecular flexibility index (Phi) is 6.61. The van der Waals surface area contributed by atoms with Crippen molar-refractivity contribution in [2.75, 3.05) is 6.61 Å². The second-order valence-corrected chi connectivity index (χ2v) is 6.62. The summed E-state index contributed by atoms with van der Waals surface area (Å²) in [5.41, 5.74) is 0. The van der Waals surface area contributed by atoms with Crippen LogP contribution in [0.2, 0.25) is 12.6 Å². The van der Waals surface area contributed by atoms with E-state index >= 15 is 0 Å². The first-order valence-electron chi connectivity index (χ1n) is 8.50. The molecule has 0 radical (unpaired) electrons. The van der Waals surface area contributed by atoms with Gasteiger partial charge in [0.05, 0.1) is 0 Å². The van der Waals surface area contributed by atoms with Crippen LogP contribution in [0, 0.1) is 11.8 Å². The lowest BCUT2D eigenvalue weighted by molar-refractivity contribution is 0.299. The van der Waals surface area contributed by atoms with Crippen molar-refractivity contribution in [1.29, 1.82) is 0 Å². The van der Waals surface area contributed by atoms with Crippen molar-refractivity contribution in [2.45, 2.75) is 83.8 Å². The molecule has 2 rings (SSSR count). The van der Waals surface area contributed by atoms with Crippen molar-refractivity contribution in [3.8, 4) is 0 Å². The summed E-state index contributed by atoms with van der Waals surface area (Å²) >= 11 is 0. The maximum Gasteiger partial charge on any atom is 0.293 e. The summed E-state index contributed by atoms with van der Waals surface area (Å²) in [7, 11) is 0. The molecule has 1 aliphatic carbocycles. The molecule has 0 amide bonds. The fourth-order valence-corrected chi connectivity index (χ4v) is 3.85. The summed E-state index contributed by atoms with van der Waals surface area (Å²) < 4.78 is 6.12. The molecule has 0 spiro atoms. The summed E-state index contributed by atoms with van der Waals surface area (Å²) in [6.45, 7) is 3.91. The largest absolute Gasteiger partial charge is 0.436 e. The van der Waals surface area contributed by atoms with Gasteiger partial charge in [0.25, 0.3) is 6.92 Å². The molecule has 0 aromatic rings. The molecule has 1 saturated heterocycles. The normalized spacial score (nSPS) is 27.5. The van der Waals surface area contributed by atoms with Gasteiger partial charge in [-0.05, 0) is 37.3 Å². The second-order valence-electron chi connectivity index (χ2n) is 6.62. The lowest BCUT2D eigenvalue weighted by Gasteiger charge is -2.17. The molecule has 0 aromatic heterocycles. The first-order chi connectivity index (χ1) is 8.88. The Morgan fingerprint density at radius 1 is 0.944 bits per heavy atom. The van der Waals surface area contributed by atoms with E-state index in [0.29, 0.717) is 6.92 Å². The summed E-state index contributed by atoms with van der Waals surface area (Å²) in [6, 6.07) is 0. The van der Waals surface area contributed by atoms with Crippen LogP contribution in [0.25, 0.3) is 0 Å². The Hall–Kier alpha value is 0.0249. The molecule has 104 valence electrons. The maximum absolute atomic E-state index is 6.12. The van der Waals surface area contributed by atoms with Gasteiger partial charge in [0, 0.05) is 6.61 Å². The summed E-state index contributed by atoms with van der Waals surface area (Å²) in [5.74, 6) is 2.06. The van der Waals surface area contributed by atoms with E-state index in [0.717, 1.165) is 18.4 Å². The number of rotatable bonds is 8. The highest BCUT2D eigenvalue weighted by molar-refractivity contribution is 6.51. The van der Waals surface area contributed by atoms with E-state index in [1.165, 1.54) is 76.8 Å². The minimum atomic E-state index is 0.607. The van der Waals surface area contributed by atoms with E-state index in [1.807, 2.05) is 0 Å². The van der Waals surface area contributed by atoms with E-state index in [9.17, 15) is 0 Å². The minimum Gasteiger partial charge on any atom is -0.436 e. The molecule has 0 N–H and O–H groups in total. The van der Waals surface area contributed by atoms with Gasteiger partial charge in [0.2, 0.25) is 0 Å². The van der Waals surface area contributed by atoms with Gasteiger partial charge in [-0.15, -0.1) is 0 Å². The fourth-order valence-electron chi connectivity index (χ4n) is 3.85. The van der Waals surface area contributed by atoms with E-state index in [-0.39, 0.29) is 0 Å². The lowest BCUT2D eigenvalue weighted by Crippen LogP contribution is -2.21. The summed E-state index contributed by atoms with van der Waals surface area (Å²) in [6.07, 6.45) is 16.9. The topological polar surface area (TPSA) is 9.23 Å². The zero-order valence-corrected chi connectivity index (χ0v) is 12.3. The number of hydrogen-bond donors (Lipinski definition) is 0. The van der Waals surface area contributed by atoms with Crippen LogP contribution >= 0.6 is 0 Å². The third-order valence-corrected chi connectivity index (χ3v) is 4.99. The van der Waals surface area contributed by atoms with Crippen molar-refractivity contribution in [3.63, 3.8) is 0 Å². The number of unbranched alkanes of at least 4 members (excludes halogenated alkanes) is 5. The molecular formula is C16H31BO. The Morgan fingerprint density at radius 2 is 1.72 bits per heavy atom. The lowest BCUT2D eigenvalue weighted by atomic mass is 9.57. The molecule has 2 heteroatoms. The molecule has 2 aliphatic rings. The maximum atomic E-state index is 6.12. The smallest absolute Gasteiger partial charge is 0.293 e. The van der Waals surface area contributed by atoms with Crippen LogP contribution in [0.4, 0.5) is 0 Å². The third kappa shape index (κ3) is 4.95. The van der Waals surface area contributed by atoms with Gasteiger partial charge in [0.15, 0.2) is 0 Å². The molecular weight excluding hydrogens is 219 g/mol. The Morgan fingerprint density at radius 3 is 2.61 bits per heavy atom. The molecule has 1 heterocycles. The highest BCUT2D eigenvalue weighted by Crippen LogP contribution is 2.41. The van der Waals surface area contributed by atoms with Crippen LogP contribution in [0.1, 0.15) is 71.1 Å². The highest BCUT2D eigenvalue weighted by Gasteiger charge is 2.33. The van der Waals surface area contributed by atoms with Crippen molar-refractivity contribution in [3.05, 3.63) is 0 Å². The van der Waals surface area contributed by atoms with Gasteiger partial charge in [-0.3, -0.25) is 0 Å². The molecule has 2 fully saturated rings. The van der Waals surface area contributed by atoms with Crippen LogP contribution in [0.5, 0.6) is 0 Å². The average molecular weight is 250 g/mol. The zero-order valence-electron chi connectivity index (χ0n) is 12.3. The monoisotopic (exact) mass is 250 g/mol.